The van der Waals surface area contributed by atoms with E-state index in [0.717, 1.165) is 93.5 Å². The largest absolute Gasteiger partial charge is 0.309 e. The van der Waals surface area contributed by atoms with Crippen molar-refractivity contribution in [2.24, 2.45) is 0 Å². The number of nitrogens with zero attached hydrogens (tertiary/aromatic N) is 8. The van der Waals surface area contributed by atoms with E-state index in [2.05, 4.69) is 153 Å². The molecule has 6 aromatic heterocycles. The Hall–Kier alpha value is -8.62. The molecule has 6 heterocycles. The number of benzene rings is 7. The molecule has 7 aromatic carbocycles. The first-order valence-electron chi connectivity index (χ1n) is 20.6. The first-order chi connectivity index (χ1) is 30.7. The summed E-state index contributed by atoms with van der Waals surface area (Å²) in [6, 6.07) is 61.3. The van der Waals surface area contributed by atoms with Crippen LogP contribution >= 0.6 is 0 Å². The third-order valence-corrected chi connectivity index (χ3v) is 12.0. The van der Waals surface area contributed by atoms with E-state index in [-0.39, 0.29) is 0 Å². The van der Waals surface area contributed by atoms with Gasteiger partial charge in [0.1, 0.15) is 0 Å². The molecule has 0 spiro atoms. The highest BCUT2D eigenvalue weighted by Gasteiger charge is 2.23. The number of fused-ring (bicyclic) bond motifs is 10. The molecule has 0 aliphatic carbocycles. The Bertz CT molecular complexity index is 3850. The Morgan fingerprint density at radius 3 is 1.69 bits per heavy atom. The van der Waals surface area contributed by atoms with Crippen molar-refractivity contribution in [1.29, 1.82) is 0 Å². The van der Waals surface area contributed by atoms with Crippen LogP contribution in [0.25, 0.3) is 122 Å². The summed E-state index contributed by atoms with van der Waals surface area (Å²) >= 11 is 0. The highest BCUT2D eigenvalue weighted by molar-refractivity contribution is 6.26. The van der Waals surface area contributed by atoms with Crippen LogP contribution in [-0.2, 0) is 0 Å². The van der Waals surface area contributed by atoms with Crippen LogP contribution in [0.2, 0.25) is 0 Å². The number of rotatable bonds is 5. The SMILES string of the molecule is c1ccc(-c2cnc3ccc(-n4c5ccccc5c5ccc6c(c7ccccc7n6-c6nc(-c7ccc8ncccc8c7)nc(-c7ccc8ncccc8c7)n6)c54)cc3c2)cc1. The minimum absolute atomic E-state index is 0.529. The molecule has 8 heteroatoms. The Morgan fingerprint density at radius 1 is 0.355 bits per heavy atom. The van der Waals surface area contributed by atoms with Crippen molar-refractivity contribution in [3.05, 3.63) is 195 Å². The maximum Gasteiger partial charge on any atom is 0.238 e. The molecule has 0 atom stereocenters. The third-order valence-electron chi connectivity index (χ3n) is 12.0. The van der Waals surface area contributed by atoms with Crippen molar-refractivity contribution >= 4 is 76.3 Å². The minimum Gasteiger partial charge on any atom is -0.309 e. The van der Waals surface area contributed by atoms with Crippen molar-refractivity contribution in [2.45, 2.75) is 0 Å². The number of aromatic nitrogens is 8. The highest BCUT2D eigenvalue weighted by atomic mass is 15.2. The lowest BCUT2D eigenvalue weighted by Crippen LogP contribution is -2.06. The summed E-state index contributed by atoms with van der Waals surface area (Å²) in [5.74, 6) is 1.67. The molecule has 0 fully saturated rings. The second-order valence-corrected chi connectivity index (χ2v) is 15.6. The molecule has 0 aliphatic rings. The summed E-state index contributed by atoms with van der Waals surface area (Å²) in [5, 5.41) is 7.66. The van der Waals surface area contributed by atoms with Crippen LogP contribution in [0.15, 0.2) is 195 Å². The van der Waals surface area contributed by atoms with Crippen LogP contribution in [0.1, 0.15) is 0 Å². The normalized spacial score (nSPS) is 11.9. The predicted octanol–water partition coefficient (Wildman–Crippen LogP) is 12.7. The van der Waals surface area contributed by atoms with Gasteiger partial charge >= 0.3 is 0 Å². The summed E-state index contributed by atoms with van der Waals surface area (Å²) in [7, 11) is 0. The van der Waals surface area contributed by atoms with Gasteiger partial charge in [-0.2, -0.15) is 9.97 Å². The van der Waals surface area contributed by atoms with Crippen LogP contribution in [0, 0.1) is 0 Å². The maximum absolute atomic E-state index is 5.31. The van der Waals surface area contributed by atoms with E-state index in [1.807, 2.05) is 61.1 Å². The summed E-state index contributed by atoms with van der Waals surface area (Å²) in [6.45, 7) is 0. The van der Waals surface area contributed by atoms with E-state index in [9.17, 15) is 0 Å². The van der Waals surface area contributed by atoms with Crippen molar-refractivity contribution in [3.8, 4) is 45.5 Å². The molecule has 0 aliphatic heterocycles. The summed E-state index contributed by atoms with van der Waals surface area (Å²) < 4.78 is 4.61. The van der Waals surface area contributed by atoms with Crippen LogP contribution in [0.3, 0.4) is 0 Å². The van der Waals surface area contributed by atoms with E-state index < -0.39 is 0 Å². The monoisotopic (exact) mass is 792 g/mol. The minimum atomic E-state index is 0.529. The van der Waals surface area contributed by atoms with Gasteiger partial charge in [-0.15, -0.1) is 0 Å². The standard InChI is InChI=1S/C54H32N8/c1-2-10-33(11-3-1)39-30-38-31-40(20-24-46(38)57-32-39)61-47-16-6-4-14-41(47)42-21-25-49-50(51(42)61)43-15-5-7-17-48(43)62(49)54-59-52(36-18-22-44-34(28-36)12-8-26-55-44)58-53(60-54)37-19-23-45-35(29-37)13-9-27-56-45/h1-32H. The van der Waals surface area contributed by atoms with Gasteiger partial charge in [-0.1, -0.05) is 84.9 Å². The molecule has 0 saturated carbocycles. The first kappa shape index (κ1) is 34.3. The van der Waals surface area contributed by atoms with E-state index in [4.69, 9.17) is 19.9 Å². The quantitative estimate of drug-likeness (QED) is 0.172. The highest BCUT2D eigenvalue weighted by Crippen LogP contribution is 2.42. The van der Waals surface area contributed by atoms with Gasteiger partial charge in [0.2, 0.25) is 5.95 Å². The van der Waals surface area contributed by atoms with Gasteiger partial charge in [0.05, 0.1) is 38.6 Å². The van der Waals surface area contributed by atoms with Crippen molar-refractivity contribution < 1.29 is 0 Å². The second kappa shape index (κ2) is 13.5. The Morgan fingerprint density at radius 2 is 0.968 bits per heavy atom. The first-order valence-corrected chi connectivity index (χ1v) is 20.6. The maximum atomic E-state index is 5.31. The molecule has 0 bridgehead atoms. The molecule has 0 amide bonds. The Balaban J connectivity index is 1.09. The van der Waals surface area contributed by atoms with Crippen molar-refractivity contribution in [3.63, 3.8) is 0 Å². The molecule has 13 aromatic rings. The van der Waals surface area contributed by atoms with Gasteiger partial charge < -0.3 is 4.57 Å². The van der Waals surface area contributed by atoms with E-state index >= 15 is 0 Å². The fraction of sp³-hybridized carbons (Fsp3) is 0. The van der Waals surface area contributed by atoms with Gasteiger partial charge in [-0.05, 0) is 96.6 Å². The summed E-state index contributed by atoms with van der Waals surface area (Å²) in [5.41, 5.74) is 12.0. The molecule has 0 N–H and O–H groups in total. The van der Waals surface area contributed by atoms with Crippen LogP contribution in [-0.4, -0.2) is 39.0 Å². The molecule has 13 rings (SSSR count). The number of hydrogen-bond donors (Lipinski definition) is 0. The Labute approximate surface area is 354 Å². The number of para-hydroxylation sites is 2. The van der Waals surface area contributed by atoms with Gasteiger partial charge in [-0.3, -0.25) is 19.5 Å². The average molecular weight is 793 g/mol. The predicted molar refractivity (Wildman–Crippen MR) is 251 cm³/mol. The second-order valence-electron chi connectivity index (χ2n) is 15.6. The molecule has 288 valence electrons. The average Bonchev–Trinajstić information content (AvgIpc) is 3.86. The van der Waals surface area contributed by atoms with Gasteiger partial charge in [0.25, 0.3) is 0 Å². The molecule has 0 saturated heterocycles. The zero-order chi connectivity index (χ0) is 40.7. The van der Waals surface area contributed by atoms with Crippen LogP contribution in [0.4, 0.5) is 0 Å². The lowest BCUT2D eigenvalue weighted by Gasteiger charge is -2.12. The van der Waals surface area contributed by atoms with Crippen molar-refractivity contribution in [2.75, 3.05) is 0 Å². The molecule has 62 heavy (non-hydrogen) atoms. The summed E-state index contributed by atoms with van der Waals surface area (Å²) in [4.78, 5) is 29.8. The van der Waals surface area contributed by atoms with Crippen LogP contribution in [0.5, 0.6) is 0 Å². The molecule has 0 radical (unpaired) electrons. The third kappa shape index (κ3) is 5.33. The topological polar surface area (TPSA) is 87.2 Å². The number of hydrogen-bond acceptors (Lipinski definition) is 6. The smallest absolute Gasteiger partial charge is 0.238 e. The lowest BCUT2D eigenvalue weighted by atomic mass is 10.1. The van der Waals surface area contributed by atoms with E-state index in [0.29, 0.717) is 17.6 Å². The van der Waals surface area contributed by atoms with Crippen molar-refractivity contribution in [1.82, 2.24) is 39.0 Å². The molecule has 0 unspecified atom stereocenters. The zero-order valence-electron chi connectivity index (χ0n) is 33.1. The summed E-state index contributed by atoms with van der Waals surface area (Å²) in [6.07, 6.45) is 5.59. The van der Waals surface area contributed by atoms with Crippen LogP contribution < -0.4 is 0 Å². The number of pyridine rings is 3. The van der Waals surface area contributed by atoms with E-state index in [1.54, 1.807) is 0 Å². The van der Waals surface area contributed by atoms with Gasteiger partial charge in [-0.25, -0.2) is 4.98 Å². The fourth-order valence-electron chi connectivity index (χ4n) is 9.19. The Kier molecular flexibility index (Phi) is 7.43. The lowest BCUT2D eigenvalue weighted by molar-refractivity contribution is 0.954. The van der Waals surface area contributed by atoms with E-state index in [1.165, 1.54) is 10.8 Å². The molecule has 8 nitrogen and oxygen atoms in total. The fourth-order valence-corrected chi connectivity index (χ4v) is 9.19. The molecular weight excluding hydrogens is 761 g/mol. The zero-order valence-corrected chi connectivity index (χ0v) is 33.1. The van der Waals surface area contributed by atoms with Gasteiger partial charge in [0, 0.05) is 78.7 Å². The molecular formula is C54H32N8. The van der Waals surface area contributed by atoms with Gasteiger partial charge in [0.15, 0.2) is 11.6 Å².